The predicted molar refractivity (Wildman–Crippen MR) is 83.2 cm³/mol. The number of fused-ring (bicyclic) bond motifs is 1. The lowest BCUT2D eigenvalue weighted by Crippen LogP contribution is -2.19. The van der Waals surface area contributed by atoms with Crippen LogP contribution in [0, 0.1) is 2.88 Å². The minimum atomic E-state index is -0.439. The van der Waals surface area contributed by atoms with Gasteiger partial charge in [0, 0.05) is 11.1 Å². The van der Waals surface area contributed by atoms with E-state index in [0.29, 0.717) is 16.8 Å². The number of anilines is 1. The number of carbonyl (C=O) groups is 3. The van der Waals surface area contributed by atoms with Crippen molar-refractivity contribution in [2.24, 2.45) is 0 Å². The van der Waals surface area contributed by atoms with Crippen molar-refractivity contribution in [3.63, 3.8) is 0 Å². The third kappa shape index (κ3) is 2.34. The smallest absolute Gasteiger partial charge is 0.259 e. The zero-order valence-corrected chi connectivity index (χ0v) is 12.9. The summed E-state index contributed by atoms with van der Waals surface area (Å²) in [5.74, 6) is -1.09. The molecule has 0 spiro atoms. The highest BCUT2D eigenvalue weighted by molar-refractivity contribution is 14.1. The van der Waals surface area contributed by atoms with Crippen molar-refractivity contribution < 1.29 is 14.4 Å². The van der Waals surface area contributed by atoms with Gasteiger partial charge in [0.2, 0.25) is 0 Å². The summed E-state index contributed by atoms with van der Waals surface area (Å²) in [5.41, 5.74) is 1.67. The summed E-state index contributed by atoms with van der Waals surface area (Å²) in [5, 5.41) is 6.68. The Morgan fingerprint density at radius 2 is 1.90 bits per heavy atom. The van der Waals surface area contributed by atoms with E-state index in [1.807, 2.05) is 0 Å². The molecule has 2 aromatic rings. The molecule has 5 nitrogen and oxygen atoms in total. The van der Waals surface area contributed by atoms with Crippen LogP contribution in [0.25, 0.3) is 0 Å². The van der Waals surface area contributed by atoms with Gasteiger partial charge in [0.15, 0.2) is 0 Å². The van der Waals surface area contributed by atoms with Crippen molar-refractivity contribution in [2.75, 3.05) is 5.32 Å². The van der Waals surface area contributed by atoms with Crippen molar-refractivity contribution in [3.05, 3.63) is 49.2 Å². The van der Waals surface area contributed by atoms with Gasteiger partial charge in [-0.15, -0.1) is 11.3 Å². The minimum Gasteiger partial charge on any atom is -0.322 e. The first kappa shape index (κ1) is 13.3. The monoisotopic (exact) mass is 398 g/mol. The van der Waals surface area contributed by atoms with Crippen LogP contribution in [-0.2, 0) is 0 Å². The van der Waals surface area contributed by atoms with Gasteiger partial charge in [-0.05, 0) is 46.9 Å². The first-order valence-corrected chi connectivity index (χ1v) is 7.55. The quantitative estimate of drug-likeness (QED) is 0.603. The molecule has 0 saturated heterocycles. The first-order chi connectivity index (χ1) is 9.54. The largest absolute Gasteiger partial charge is 0.322 e. The Hall–Kier alpha value is -1.74. The van der Waals surface area contributed by atoms with Crippen molar-refractivity contribution in [3.8, 4) is 0 Å². The molecule has 100 valence electrons. The molecule has 0 unspecified atom stereocenters. The molecule has 0 saturated carbocycles. The number of halogens is 1. The highest BCUT2D eigenvalue weighted by atomic mass is 127. The summed E-state index contributed by atoms with van der Waals surface area (Å²) < 4.78 is 1.02. The molecule has 0 radical (unpaired) electrons. The van der Waals surface area contributed by atoms with E-state index in [2.05, 4.69) is 33.2 Å². The molecule has 1 aromatic heterocycles. The number of thiophene rings is 1. The molecule has 1 aromatic carbocycles. The topological polar surface area (TPSA) is 75.3 Å². The maximum Gasteiger partial charge on any atom is 0.259 e. The maximum absolute atomic E-state index is 12.0. The number of rotatable bonds is 2. The SMILES string of the molecule is O=C(Nc1ccc2c(c1)C(=O)NC2=O)c1csc(I)c1. The molecule has 2 N–H and O–H groups in total. The van der Waals surface area contributed by atoms with E-state index in [4.69, 9.17) is 0 Å². The third-order valence-electron chi connectivity index (χ3n) is 2.82. The van der Waals surface area contributed by atoms with Crippen LogP contribution in [0.3, 0.4) is 0 Å². The number of hydrogen-bond donors (Lipinski definition) is 2. The lowest BCUT2D eigenvalue weighted by atomic mass is 10.1. The normalized spacial score (nSPS) is 13.1. The molecule has 1 aliphatic heterocycles. The van der Waals surface area contributed by atoms with Gasteiger partial charge in [-0.25, -0.2) is 0 Å². The Labute approximate surface area is 131 Å². The maximum atomic E-state index is 12.0. The summed E-state index contributed by atoms with van der Waals surface area (Å²) in [6.07, 6.45) is 0. The number of carbonyl (C=O) groups excluding carboxylic acids is 3. The summed E-state index contributed by atoms with van der Waals surface area (Å²) >= 11 is 3.62. The standard InChI is InChI=1S/C13H7IN2O3S/c14-10-3-6(5-20-10)11(17)15-7-1-2-8-9(4-7)13(19)16-12(8)18/h1-5H,(H,15,17)(H,16,18,19). The van der Waals surface area contributed by atoms with Gasteiger partial charge in [-0.2, -0.15) is 0 Å². The molecule has 0 bridgehead atoms. The molecule has 0 atom stereocenters. The Morgan fingerprint density at radius 1 is 1.15 bits per heavy atom. The van der Waals surface area contributed by atoms with E-state index in [1.165, 1.54) is 23.5 Å². The molecular weight excluding hydrogens is 391 g/mol. The average molecular weight is 398 g/mol. The van der Waals surface area contributed by atoms with Gasteiger partial charge in [-0.1, -0.05) is 0 Å². The Balaban J connectivity index is 1.86. The van der Waals surface area contributed by atoms with Crippen LogP contribution in [0.5, 0.6) is 0 Å². The number of nitrogens with one attached hydrogen (secondary N) is 2. The van der Waals surface area contributed by atoms with Crippen molar-refractivity contribution in [1.82, 2.24) is 5.32 Å². The Morgan fingerprint density at radius 3 is 2.60 bits per heavy atom. The van der Waals surface area contributed by atoms with Crippen LogP contribution in [0.4, 0.5) is 5.69 Å². The van der Waals surface area contributed by atoms with Crippen LogP contribution in [0.15, 0.2) is 29.6 Å². The molecule has 3 amide bonds. The summed E-state index contributed by atoms with van der Waals surface area (Å²) in [6, 6.07) is 6.42. The second kappa shape index (κ2) is 4.98. The molecule has 0 fully saturated rings. The molecule has 1 aliphatic rings. The van der Waals surface area contributed by atoms with Gasteiger partial charge >= 0.3 is 0 Å². The lowest BCUT2D eigenvalue weighted by molar-refractivity contribution is 0.0878. The number of imide groups is 1. The van der Waals surface area contributed by atoms with Gasteiger partial charge < -0.3 is 5.32 Å². The predicted octanol–water partition coefficient (Wildman–Crippen LogP) is 2.49. The van der Waals surface area contributed by atoms with E-state index >= 15 is 0 Å². The number of amides is 3. The molecule has 3 rings (SSSR count). The van der Waals surface area contributed by atoms with Crippen molar-refractivity contribution in [1.29, 1.82) is 0 Å². The third-order valence-corrected chi connectivity index (χ3v) is 4.61. The van der Waals surface area contributed by atoms with E-state index < -0.39 is 11.8 Å². The zero-order chi connectivity index (χ0) is 14.3. The van der Waals surface area contributed by atoms with E-state index in [0.717, 1.165) is 2.88 Å². The first-order valence-electron chi connectivity index (χ1n) is 5.60. The number of benzene rings is 1. The van der Waals surface area contributed by atoms with E-state index in [-0.39, 0.29) is 11.5 Å². The summed E-state index contributed by atoms with van der Waals surface area (Å²) in [7, 11) is 0. The van der Waals surface area contributed by atoms with Gasteiger partial charge in [-0.3, -0.25) is 19.7 Å². The van der Waals surface area contributed by atoms with Crippen molar-refractivity contribution >= 4 is 57.3 Å². The highest BCUT2D eigenvalue weighted by Gasteiger charge is 2.26. The van der Waals surface area contributed by atoms with E-state index in [9.17, 15) is 14.4 Å². The second-order valence-electron chi connectivity index (χ2n) is 4.14. The molecule has 2 heterocycles. The zero-order valence-electron chi connectivity index (χ0n) is 9.90. The van der Waals surface area contributed by atoms with E-state index in [1.54, 1.807) is 17.5 Å². The van der Waals surface area contributed by atoms with Gasteiger partial charge in [0.1, 0.15) is 0 Å². The van der Waals surface area contributed by atoms with Crippen LogP contribution in [0.2, 0.25) is 0 Å². The van der Waals surface area contributed by atoms with Crippen LogP contribution in [0.1, 0.15) is 31.1 Å². The average Bonchev–Trinajstić information content (AvgIpc) is 2.95. The summed E-state index contributed by atoms with van der Waals surface area (Å²) in [6.45, 7) is 0. The fraction of sp³-hybridized carbons (Fsp3) is 0. The fourth-order valence-corrected chi connectivity index (χ4v) is 3.20. The minimum absolute atomic E-state index is 0.242. The lowest BCUT2D eigenvalue weighted by Gasteiger charge is -2.04. The molecule has 20 heavy (non-hydrogen) atoms. The highest BCUT2D eigenvalue weighted by Crippen LogP contribution is 2.22. The van der Waals surface area contributed by atoms with Gasteiger partial charge in [0.05, 0.1) is 19.6 Å². The van der Waals surface area contributed by atoms with Crippen molar-refractivity contribution in [2.45, 2.75) is 0 Å². The summed E-state index contributed by atoms with van der Waals surface area (Å²) in [4.78, 5) is 35.0. The Kier molecular flexibility index (Phi) is 3.30. The van der Waals surface area contributed by atoms with Crippen LogP contribution >= 0.6 is 33.9 Å². The molecular formula is C13H7IN2O3S. The van der Waals surface area contributed by atoms with Crippen LogP contribution in [-0.4, -0.2) is 17.7 Å². The second-order valence-corrected chi connectivity index (χ2v) is 6.94. The fourth-order valence-electron chi connectivity index (χ4n) is 1.88. The molecule has 0 aliphatic carbocycles. The molecule has 7 heteroatoms. The van der Waals surface area contributed by atoms with Gasteiger partial charge in [0.25, 0.3) is 17.7 Å². The number of hydrogen-bond acceptors (Lipinski definition) is 4. The van der Waals surface area contributed by atoms with Crippen LogP contribution < -0.4 is 10.6 Å². The Bertz CT molecular complexity index is 754.